The molecule has 0 aliphatic carbocycles. The molecule has 24 heavy (non-hydrogen) atoms. The Kier molecular flexibility index (Phi) is 4.55. The van der Waals surface area contributed by atoms with Crippen LogP contribution in [0.3, 0.4) is 0 Å². The molecule has 1 N–H and O–H groups in total. The van der Waals surface area contributed by atoms with E-state index < -0.39 is 31.0 Å². The van der Waals surface area contributed by atoms with Gasteiger partial charge in [0.15, 0.2) is 0 Å². The third-order valence-electron chi connectivity index (χ3n) is 4.06. The number of morpholine rings is 1. The van der Waals surface area contributed by atoms with E-state index in [1.807, 2.05) is 0 Å². The number of amides is 1. The maximum atomic E-state index is 13.2. The number of aliphatic hydroxyl groups excluding tert-OH is 1. The van der Waals surface area contributed by atoms with Crippen molar-refractivity contribution in [2.45, 2.75) is 18.3 Å². The van der Waals surface area contributed by atoms with E-state index in [0.717, 1.165) is 0 Å². The molecule has 0 spiro atoms. The predicted octanol–water partition coefficient (Wildman–Crippen LogP) is 1.77. The highest BCUT2D eigenvalue weighted by molar-refractivity contribution is 5.90. The summed E-state index contributed by atoms with van der Waals surface area (Å²) in [6.45, 7) is -0.259. The lowest BCUT2D eigenvalue weighted by atomic mass is 10.1. The van der Waals surface area contributed by atoms with Gasteiger partial charge in [-0.15, -0.1) is 0 Å². The van der Waals surface area contributed by atoms with E-state index >= 15 is 0 Å². The molecular weight excluding hydrogens is 329 g/mol. The molecule has 0 unspecified atom stereocenters. The summed E-state index contributed by atoms with van der Waals surface area (Å²) < 4.78 is 49.5. The van der Waals surface area contributed by atoms with Gasteiger partial charge in [0.1, 0.15) is 12.1 Å². The number of cyclic esters (lactones) is 1. The second-order valence-corrected chi connectivity index (χ2v) is 5.64. The lowest BCUT2D eigenvalue weighted by Crippen LogP contribution is -2.53. The predicted molar refractivity (Wildman–Crippen MR) is 79.2 cm³/mol. The van der Waals surface area contributed by atoms with Crippen molar-refractivity contribution in [3.8, 4) is 0 Å². The van der Waals surface area contributed by atoms with Gasteiger partial charge in [0.05, 0.1) is 26.4 Å². The molecule has 9 heteroatoms. The molecule has 2 heterocycles. The smallest absolute Gasteiger partial charge is 0.414 e. The highest BCUT2D eigenvalue weighted by atomic mass is 19.4. The Hall–Kier alpha value is -2.00. The van der Waals surface area contributed by atoms with Gasteiger partial charge in [-0.2, -0.15) is 13.2 Å². The van der Waals surface area contributed by atoms with Crippen molar-refractivity contribution < 1.29 is 32.5 Å². The Morgan fingerprint density at radius 3 is 2.71 bits per heavy atom. The number of aliphatic hydroxyl groups is 1. The summed E-state index contributed by atoms with van der Waals surface area (Å²) in [6.07, 6.45) is -5.67. The van der Waals surface area contributed by atoms with Gasteiger partial charge in [0.2, 0.25) is 0 Å². The summed E-state index contributed by atoms with van der Waals surface area (Å²) in [5.41, 5.74) is 0.791. The zero-order chi connectivity index (χ0) is 17.3. The van der Waals surface area contributed by atoms with Crippen molar-refractivity contribution in [1.82, 2.24) is 0 Å². The van der Waals surface area contributed by atoms with Crippen LogP contribution in [-0.4, -0.2) is 62.4 Å². The van der Waals surface area contributed by atoms with Crippen molar-refractivity contribution in [3.05, 3.63) is 24.3 Å². The van der Waals surface area contributed by atoms with E-state index in [-0.39, 0.29) is 26.3 Å². The van der Waals surface area contributed by atoms with Crippen LogP contribution >= 0.6 is 0 Å². The van der Waals surface area contributed by atoms with Gasteiger partial charge >= 0.3 is 12.3 Å². The van der Waals surface area contributed by atoms with Crippen LogP contribution in [0, 0.1) is 0 Å². The second kappa shape index (κ2) is 6.48. The first kappa shape index (κ1) is 16.8. The fourth-order valence-corrected chi connectivity index (χ4v) is 2.85. The zero-order valence-electron chi connectivity index (χ0n) is 12.7. The lowest BCUT2D eigenvalue weighted by molar-refractivity contribution is -0.167. The van der Waals surface area contributed by atoms with Crippen LogP contribution in [0.1, 0.15) is 0 Å². The van der Waals surface area contributed by atoms with Crippen LogP contribution in [0.15, 0.2) is 24.3 Å². The highest BCUT2D eigenvalue weighted by Crippen LogP contribution is 2.33. The standard InChI is InChI=1S/C15H17F3N2O4/c16-15(17,18)13-9-23-5-4-19(13)10-2-1-3-11(6-10)20-7-12(8-21)24-14(20)22/h1-3,6,12-13,21H,4-5,7-9H2/t12-,13-/m0/s1. The van der Waals surface area contributed by atoms with Crippen molar-refractivity contribution in [1.29, 1.82) is 0 Å². The van der Waals surface area contributed by atoms with Crippen LogP contribution < -0.4 is 9.80 Å². The third-order valence-corrected chi connectivity index (χ3v) is 4.06. The first-order valence-electron chi connectivity index (χ1n) is 7.50. The van der Waals surface area contributed by atoms with Crippen molar-refractivity contribution in [2.24, 2.45) is 0 Å². The Morgan fingerprint density at radius 1 is 1.29 bits per heavy atom. The van der Waals surface area contributed by atoms with E-state index in [4.69, 9.17) is 14.6 Å². The Balaban J connectivity index is 1.86. The fraction of sp³-hybridized carbons (Fsp3) is 0.533. The number of hydrogen-bond acceptors (Lipinski definition) is 5. The summed E-state index contributed by atoms with van der Waals surface area (Å²) in [5.74, 6) is 0. The SMILES string of the molecule is O=C1O[C@H](CO)CN1c1cccc(N2CCOC[C@H]2C(F)(F)F)c1. The van der Waals surface area contributed by atoms with Crippen LogP contribution in [0.2, 0.25) is 0 Å². The van der Waals surface area contributed by atoms with Gasteiger partial charge in [-0.25, -0.2) is 4.79 Å². The molecule has 132 valence electrons. The maximum absolute atomic E-state index is 13.2. The molecule has 1 aromatic carbocycles. The second-order valence-electron chi connectivity index (χ2n) is 5.64. The van der Waals surface area contributed by atoms with Crippen LogP contribution in [0.25, 0.3) is 0 Å². The molecule has 1 amide bonds. The molecule has 2 aliphatic heterocycles. The van der Waals surface area contributed by atoms with Gasteiger partial charge in [-0.3, -0.25) is 4.90 Å². The number of anilines is 2. The lowest BCUT2D eigenvalue weighted by Gasteiger charge is -2.38. The average Bonchev–Trinajstić information content (AvgIpc) is 2.95. The third kappa shape index (κ3) is 3.27. The van der Waals surface area contributed by atoms with E-state index in [0.29, 0.717) is 11.4 Å². The molecule has 0 aromatic heterocycles. The molecule has 0 radical (unpaired) electrons. The number of alkyl halides is 3. The Bertz CT molecular complexity index is 611. The van der Waals surface area contributed by atoms with Crippen molar-refractivity contribution in [2.75, 3.05) is 42.7 Å². The molecule has 2 atom stereocenters. The van der Waals surface area contributed by atoms with Crippen LogP contribution in [0.5, 0.6) is 0 Å². The summed E-state index contributed by atoms with van der Waals surface area (Å²) in [6, 6.07) is 4.57. The van der Waals surface area contributed by atoms with Crippen molar-refractivity contribution in [3.63, 3.8) is 0 Å². The van der Waals surface area contributed by atoms with Crippen LogP contribution in [-0.2, 0) is 9.47 Å². The number of carbonyl (C=O) groups is 1. The number of hydrogen-bond donors (Lipinski definition) is 1. The largest absolute Gasteiger partial charge is 0.441 e. The maximum Gasteiger partial charge on any atom is 0.414 e. The molecule has 2 fully saturated rings. The number of halogens is 3. The minimum Gasteiger partial charge on any atom is -0.441 e. The quantitative estimate of drug-likeness (QED) is 0.904. The molecule has 0 saturated carbocycles. The van der Waals surface area contributed by atoms with Gasteiger partial charge in [-0.1, -0.05) is 6.07 Å². The van der Waals surface area contributed by atoms with E-state index in [1.54, 1.807) is 18.2 Å². The van der Waals surface area contributed by atoms with Gasteiger partial charge < -0.3 is 19.5 Å². The molecule has 0 bridgehead atoms. The number of ether oxygens (including phenoxy) is 2. The highest BCUT2D eigenvalue weighted by Gasteiger charge is 2.45. The summed E-state index contributed by atoms with van der Waals surface area (Å²) in [4.78, 5) is 14.4. The van der Waals surface area contributed by atoms with Gasteiger partial charge in [0, 0.05) is 17.9 Å². The molecular formula is C15H17F3N2O4. The van der Waals surface area contributed by atoms with E-state index in [2.05, 4.69) is 0 Å². The van der Waals surface area contributed by atoms with Gasteiger partial charge in [-0.05, 0) is 18.2 Å². The molecule has 1 aromatic rings. The van der Waals surface area contributed by atoms with E-state index in [1.165, 1.54) is 15.9 Å². The minimum absolute atomic E-state index is 0.108. The summed E-state index contributed by atoms with van der Waals surface area (Å²) >= 11 is 0. The molecule has 2 saturated heterocycles. The topological polar surface area (TPSA) is 62.2 Å². The van der Waals surface area contributed by atoms with Crippen molar-refractivity contribution >= 4 is 17.5 Å². The molecule has 3 rings (SSSR count). The summed E-state index contributed by atoms with van der Waals surface area (Å²) in [5, 5.41) is 9.08. The Labute approximate surface area is 136 Å². The van der Waals surface area contributed by atoms with Crippen LogP contribution in [0.4, 0.5) is 29.3 Å². The molecule has 2 aliphatic rings. The fourth-order valence-electron chi connectivity index (χ4n) is 2.85. The minimum atomic E-state index is -4.41. The van der Waals surface area contributed by atoms with Gasteiger partial charge in [0.25, 0.3) is 0 Å². The summed E-state index contributed by atoms with van der Waals surface area (Å²) in [7, 11) is 0. The number of nitrogens with zero attached hydrogens (tertiary/aromatic N) is 2. The average molecular weight is 346 g/mol. The number of benzene rings is 1. The Morgan fingerprint density at radius 2 is 2.04 bits per heavy atom. The number of carbonyl (C=O) groups excluding carboxylic acids is 1. The molecule has 6 nitrogen and oxygen atoms in total. The first-order chi connectivity index (χ1) is 11.4. The normalized spacial score (nSPS) is 25.1. The first-order valence-corrected chi connectivity index (χ1v) is 7.50. The zero-order valence-corrected chi connectivity index (χ0v) is 12.7. The van der Waals surface area contributed by atoms with E-state index in [9.17, 15) is 18.0 Å². The monoisotopic (exact) mass is 346 g/mol. The number of rotatable bonds is 3.